The Morgan fingerprint density at radius 3 is 2.59 bits per heavy atom. The van der Waals surface area contributed by atoms with Crippen molar-refractivity contribution in [3.63, 3.8) is 0 Å². The number of carbonyl (C=O) groups is 1. The lowest BCUT2D eigenvalue weighted by atomic mass is 10.1. The smallest absolute Gasteiger partial charge is 0.416 e. The number of ether oxygens (including phenoxy) is 2. The van der Waals surface area contributed by atoms with Crippen LogP contribution in [0.4, 0.5) is 4.79 Å². The Bertz CT molecular complexity index is 1150. The van der Waals surface area contributed by atoms with Gasteiger partial charge in [-0.2, -0.15) is 0 Å². The Morgan fingerprint density at radius 1 is 1.11 bits per heavy atom. The van der Waals surface area contributed by atoms with Crippen molar-refractivity contribution < 1.29 is 19.4 Å². The second kappa shape index (κ2) is 6.64. The van der Waals surface area contributed by atoms with Crippen LogP contribution >= 0.6 is 0 Å². The molecule has 0 amide bonds. The second-order valence-electron chi connectivity index (χ2n) is 6.20. The SMILES string of the molecule is COc1cc2c3c(C)nccc3n(C(=O)O)c2cc1OCc1ccccc1. The first kappa shape index (κ1) is 16.9. The fourth-order valence-electron chi connectivity index (χ4n) is 3.35. The first-order chi connectivity index (χ1) is 13.1. The molecule has 0 aliphatic heterocycles. The fraction of sp³-hybridized carbons (Fsp3) is 0.143. The summed E-state index contributed by atoms with van der Waals surface area (Å²) in [7, 11) is 1.57. The average Bonchev–Trinajstić information content (AvgIpc) is 3.01. The monoisotopic (exact) mass is 362 g/mol. The van der Waals surface area contributed by atoms with Gasteiger partial charge in [-0.25, -0.2) is 9.36 Å². The van der Waals surface area contributed by atoms with E-state index in [2.05, 4.69) is 4.98 Å². The molecule has 2 aromatic carbocycles. The topological polar surface area (TPSA) is 73.6 Å². The largest absolute Gasteiger partial charge is 0.493 e. The van der Waals surface area contributed by atoms with E-state index in [0.717, 1.165) is 22.0 Å². The zero-order chi connectivity index (χ0) is 19.0. The lowest BCUT2D eigenvalue weighted by Gasteiger charge is -2.12. The van der Waals surface area contributed by atoms with Crippen LogP contribution in [-0.2, 0) is 6.61 Å². The highest BCUT2D eigenvalue weighted by atomic mass is 16.5. The highest BCUT2D eigenvalue weighted by Gasteiger charge is 2.20. The van der Waals surface area contributed by atoms with E-state index < -0.39 is 6.09 Å². The van der Waals surface area contributed by atoms with Crippen molar-refractivity contribution in [2.45, 2.75) is 13.5 Å². The Kier molecular flexibility index (Phi) is 4.16. The highest BCUT2D eigenvalue weighted by molar-refractivity contribution is 6.14. The van der Waals surface area contributed by atoms with Crippen LogP contribution < -0.4 is 9.47 Å². The molecule has 0 radical (unpaired) electrons. The van der Waals surface area contributed by atoms with Gasteiger partial charge in [-0.1, -0.05) is 30.3 Å². The maximum absolute atomic E-state index is 11.9. The molecule has 2 heterocycles. The lowest BCUT2D eigenvalue weighted by Crippen LogP contribution is -2.07. The number of benzene rings is 2. The number of hydrogen-bond donors (Lipinski definition) is 1. The van der Waals surface area contributed by atoms with E-state index in [4.69, 9.17) is 9.47 Å². The Morgan fingerprint density at radius 2 is 1.89 bits per heavy atom. The van der Waals surface area contributed by atoms with Gasteiger partial charge in [0.25, 0.3) is 0 Å². The average molecular weight is 362 g/mol. The van der Waals surface area contributed by atoms with E-state index in [0.29, 0.717) is 29.1 Å². The van der Waals surface area contributed by atoms with Crippen LogP contribution in [0.15, 0.2) is 54.7 Å². The molecule has 0 spiro atoms. The van der Waals surface area contributed by atoms with Gasteiger partial charge in [0.05, 0.1) is 18.1 Å². The summed E-state index contributed by atoms with van der Waals surface area (Å²) in [6, 6.07) is 15.0. The van der Waals surface area contributed by atoms with Gasteiger partial charge in [0.1, 0.15) is 6.61 Å². The van der Waals surface area contributed by atoms with Crippen LogP contribution in [0.25, 0.3) is 21.8 Å². The standard InChI is InChI=1S/C21H18N2O4/c1-13-20-15-10-18(26-2)19(27-12-14-6-4-3-5-7-14)11-17(15)23(21(24)25)16(20)8-9-22-13/h3-11H,12H2,1-2H3,(H,24,25). The summed E-state index contributed by atoms with van der Waals surface area (Å²) in [5, 5.41) is 11.3. The van der Waals surface area contributed by atoms with Gasteiger partial charge in [0, 0.05) is 28.7 Å². The molecule has 0 saturated heterocycles. The molecule has 2 aromatic heterocycles. The molecule has 0 aliphatic carbocycles. The molecule has 0 aliphatic rings. The van der Waals surface area contributed by atoms with Crippen LogP contribution in [0.1, 0.15) is 11.3 Å². The van der Waals surface area contributed by atoms with Crippen molar-refractivity contribution in [2.75, 3.05) is 7.11 Å². The van der Waals surface area contributed by atoms with Crippen LogP contribution in [0.3, 0.4) is 0 Å². The molecule has 0 fully saturated rings. The van der Waals surface area contributed by atoms with E-state index in [1.165, 1.54) is 4.57 Å². The van der Waals surface area contributed by atoms with E-state index in [1.807, 2.05) is 43.3 Å². The van der Waals surface area contributed by atoms with Gasteiger partial charge in [-0.05, 0) is 24.6 Å². The van der Waals surface area contributed by atoms with Crippen molar-refractivity contribution in [3.05, 3.63) is 66.0 Å². The molecule has 6 nitrogen and oxygen atoms in total. The first-order valence-electron chi connectivity index (χ1n) is 8.48. The molecule has 27 heavy (non-hydrogen) atoms. The molecular weight excluding hydrogens is 344 g/mol. The van der Waals surface area contributed by atoms with Crippen molar-refractivity contribution in [3.8, 4) is 11.5 Å². The lowest BCUT2D eigenvalue weighted by molar-refractivity contribution is 0.198. The van der Waals surface area contributed by atoms with Crippen molar-refractivity contribution in [1.29, 1.82) is 0 Å². The van der Waals surface area contributed by atoms with Gasteiger partial charge in [-0.15, -0.1) is 0 Å². The summed E-state index contributed by atoms with van der Waals surface area (Å²) in [6.45, 7) is 2.22. The minimum atomic E-state index is -1.06. The van der Waals surface area contributed by atoms with Gasteiger partial charge in [0.15, 0.2) is 11.5 Å². The fourth-order valence-corrected chi connectivity index (χ4v) is 3.35. The third-order valence-electron chi connectivity index (χ3n) is 4.58. The zero-order valence-electron chi connectivity index (χ0n) is 15.0. The number of aromatic nitrogens is 2. The number of hydrogen-bond acceptors (Lipinski definition) is 4. The van der Waals surface area contributed by atoms with Crippen LogP contribution in [0, 0.1) is 6.92 Å². The van der Waals surface area contributed by atoms with Crippen molar-refractivity contribution in [2.24, 2.45) is 0 Å². The molecule has 1 N–H and O–H groups in total. The summed E-state index contributed by atoms with van der Waals surface area (Å²) < 4.78 is 12.7. The molecule has 4 rings (SSSR count). The number of aryl methyl sites for hydroxylation is 1. The zero-order valence-corrected chi connectivity index (χ0v) is 15.0. The number of carboxylic acid groups (broad SMARTS) is 1. The molecule has 0 unspecified atom stereocenters. The second-order valence-corrected chi connectivity index (χ2v) is 6.20. The van der Waals surface area contributed by atoms with Crippen molar-refractivity contribution in [1.82, 2.24) is 9.55 Å². The van der Waals surface area contributed by atoms with Gasteiger partial charge >= 0.3 is 6.09 Å². The number of nitrogens with zero attached hydrogens (tertiary/aromatic N) is 2. The van der Waals surface area contributed by atoms with E-state index >= 15 is 0 Å². The Hall–Kier alpha value is -3.54. The number of rotatable bonds is 4. The quantitative estimate of drug-likeness (QED) is 0.574. The van der Waals surface area contributed by atoms with E-state index in [9.17, 15) is 9.90 Å². The summed E-state index contributed by atoms with van der Waals surface area (Å²) in [4.78, 5) is 16.2. The number of fused-ring (bicyclic) bond motifs is 3. The third-order valence-corrected chi connectivity index (χ3v) is 4.58. The van der Waals surface area contributed by atoms with Crippen molar-refractivity contribution >= 4 is 27.9 Å². The number of pyridine rings is 1. The molecule has 6 heteroatoms. The minimum absolute atomic E-state index is 0.358. The summed E-state index contributed by atoms with van der Waals surface area (Å²) >= 11 is 0. The number of methoxy groups -OCH3 is 1. The highest BCUT2D eigenvalue weighted by Crippen LogP contribution is 2.38. The Balaban J connectivity index is 1.90. The summed E-state index contributed by atoms with van der Waals surface area (Å²) in [5.74, 6) is 1.04. The predicted octanol–water partition coefficient (Wildman–Crippen LogP) is 4.61. The summed E-state index contributed by atoms with van der Waals surface area (Å²) in [5.41, 5.74) is 2.90. The molecule has 0 bridgehead atoms. The van der Waals surface area contributed by atoms with E-state index in [-0.39, 0.29) is 0 Å². The van der Waals surface area contributed by atoms with Gasteiger partial charge in [0.2, 0.25) is 0 Å². The molecule has 4 aromatic rings. The maximum atomic E-state index is 11.9. The minimum Gasteiger partial charge on any atom is -0.493 e. The van der Waals surface area contributed by atoms with E-state index in [1.54, 1.807) is 25.4 Å². The Labute approximate surface area is 155 Å². The predicted molar refractivity (Wildman–Crippen MR) is 103 cm³/mol. The van der Waals surface area contributed by atoms with Crippen LogP contribution in [-0.4, -0.2) is 27.9 Å². The molecule has 0 atom stereocenters. The maximum Gasteiger partial charge on any atom is 0.416 e. The molecule has 136 valence electrons. The van der Waals surface area contributed by atoms with Crippen LogP contribution in [0.5, 0.6) is 11.5 Å². The third kappa shape index (κ3) is 2.85. The molecular formula is C21H18N2O4. The van der Waals surface area contributed by atoms with Gasteiger partial charge in [-0.3, -0.25) is 4.98 Å². The van der Waals surface area contributed by atoms with Gasteiger partial charge < -0.3 is 14.6 Å². The normalized spacial score (nSPS) is 11.0. The van der Waals surface area contributed by atoms with Crippen LogP contribution in [0.2, 0.25) is 0 Å². The molecule has 0 saturated carbocycles. The first-order valence-corrected chi connectivity index (χ1v) is 8.48. The summed E-state index contributed by atoms with van der Waals surface area (Å²) in [6.07, 6.45) is 0.555.